The molecule has 0 aliphatic carbocycles. The third-order valence-electron chi connectivity index (χ3n) is 4.61. The Morgan fingerprint density at radius 2 is 1.77 bits per heavy atom. The Morgan fingerprint density at radius 3 is 2.35 bits per heavy atom. The maximum atomic E-state index is 12.6. The minimum atomic E-state index is -0.587. The third-order valence-corrected chi connectivity index (χ3v) is 4.61. The van der Waals surface area contributed by atoms with E-state index in [-0.39, 0.29) is 11.5 Å². The van der Waals surface area contributed by atoms with Crippen molar-refractivity contribution >= 4 is 6.09 Å². The zero-order valence-electron chi connectivity index (χ0n) is 19.1. The van der Waals surface area contributed by atoms with Gasteiger partial charge in [0, 0.05) is 25.1 Å². The minimum Gasteiger partial charge on any atom is -0.444 e. The second kappa shape index (κ2) is 8.88. The fraction of sp³-hybridized carbons (Fsp3) is 0.417. The van der Waals surface area contributed by atoms with Crippen LogP contribution in [0.4, 0.5) is 4.79 Å². The number of benzene rings is 1. The van der Waals surface area contributed by atoms with Gasteiger partial charge in [0.2, 0.25) is 0 Å². The van der Waals surface area contributed by atoms with E-state index >= 15 is 0 Å². The molecule has 0 fully saturated rings. The van der Waals surface area contributed by atoms with Crippen molar-refractivity contribution in [2.45, 2.75) is 59.7 Å². The summed E-state index contributed by atoms with van der Waals surface area (Å²) < 4.78 is 7.59. The zero-order valence-corrected chi connectivity index (χ0v) is 19.1. The van der Waals surface area contributed by atoms with E-state index in [4.69, 9.17) is 9.72 Å². The van der Waals surface area contributed by atoms with Crippen molar-refractivity contribution in [1.29, 1.82) is 0 Å². The Kier molecular flexibility index (Phi) is 6.43. The molecule has 2 heterocycles. The fourth-order valence-corrected chi connectivity index (χ4v) is 3.22. The number of nitrogens with one attached hydrogen (secondary N) is 1. The summed E-state index contributed by atoms with van der Waals surface area (Å²) in [6, 6.07) is 9.77. The van der Waals surface area contributed by atoms with Gasteiger partial charge in [0.15, 0.2) is 0 Å². The normalized spacial score (nSPS) is 13.0. The largest absolute Gasteiger partial charge is 0.444 e. The number of rotatable bonds is 5. The summed E-state index contributed by atoms with van der Waals surface area (Å²) in [6.45, 7) is 12.4. The van der Waals surface area contributed by atoms with Crippen LogP contribution in [-0.4, -0.2) is 31.2 Å². The van der Waals surface area contributed by atoms with Gasteiger partial charge < -0.3 is 14.6 Å². The molecule has 2 aromatic heterocycles. The average Bonchev–Trinajstić information content (AvgIpc) is 3.08. The van der Waals surface area contributed by atoms with Crippen LogP contribution in [0.15, 0.2) is 55.1 Å². The summed E-state index contributed by atoms with van der Waals surface area (Å²) in [5.41, 5.74) is 1.63. The molecule has 3 aromatic rings. The Labute approximate surface area is 183 Å². The molecule has 1 atom stereocenters. The highest BCUT2D eigenvalue weighted by atomic mass is 16.6. The zero-order chi connectivity index (χ0) is 22.6. The Balaban J connectivity index is 2.03. The molecule has 164 valence electrons. The smallest absolute Gasteiger partial charge is 0.408 e. The van der Waals surface area contributed by atoms with Crippen molar-refractivity contribution in [3.63, 3.8) is 0 Å². The number of aromatic nitrogens is 4. The van der Waals surface area contributed by atoms with Crippen LogP contribution in [0.25, 0.3) is 11.4 Å². The SMILES string of the molecule is CC(C)(C)OC(=O)N[C@H](c1nc(-c2cnccn2)cn1Cc1ccccc1)C(C)(C)C. The fourth-order valence-electron chi connectivity index (χ4n) is 3.22. The van der Waals surface area contributed by atoms with Crippen molar-refractivity contribution < 1.29 is 9.53 Å². The molecule has 7 nitrogen and oxygen atoms in total. The predicted molar refractivity (Wildman–Crippen MR) is 120 cm³/mol. The molecule has 0 aliphatic heterocycles. The number of hydrogen-bond acceptors (Lipinski definition) is 5. The van der Waals surface area contributed by atoms with Crippen molar-refractivity contribution in [1.82, 2.24) is 24.8 Å². The molecule has 0 spiro atoms. The van der Waals surface area contributed by atoms with E-state index in [9.17, 15) is 4.79 Å². The van der Waals surface area contributed by atoms with E-state index < -0.39 is 11.7 Å². The quantitative estimate of drug-likeness (QED) is 0.627. The maximum Gasteiger partial charge on any atom is 0.408 e. The molecule has 0 saturated carbocycles. The number of ether oxygens (including phenoxy) is 1. The number of hydrogen-bond donors (Lipinski definition) is 1. The van der Waals surface area contributed by atoms with E-state index in [1.165, 1.54) is 0 Å². The van der Waals surface area contributed by atoms with Crippen LogP contribution >= 0.6 is 0 Å². The van der Waals surface area contributed by atoms with Crippen LogP contribution in [0, 0.1) is 5.41 Å². The van der Waals surface area contributed by atoms with E-state index in [1.807, 2.05) is 45.2 Å². The monoisotopic (exact) mass is 421 g/mol. The Bertz CT molecular complexity index is 1000. The van der Waals surface area contributed by atoms with Gasteiger partial charge in [-0.15, -0.1) is 0 Å². The lowest BCUT2D eigenvalue weighted by atomic mass is 9.86. The number of imidazole rings is 1. The first-order valence-corrected chi connectivity index (χ1v) is 10.4. The van der Waals surface area contributed by atoms with Crippen LogP contribution in [0.2, 0.25) is 0 Å². The second-order valence-corrected chi connectivity index (χ2v) is 9.63. The average molecular weight is 422 g/mol. The van der Waals surface area contributed by atoms with E-state index in [0.717, 1.165) is 11.4 Å². The summed E-state index contributed by atoms with van der Waals surface area (Å²) in [6.07, 6.45) is 6.45. The number of amides is 1. The first-order valence-electron chi connectivity index (χ1n) is 10.4. The van der Waals surface area contributed by atoms with Gasteiger partial charge in [-0.1, -0.05) is 51.1 Å². The molecule has 31 heavy (non-hydrogen) atoms. The molecule has 1 aromatic carbocycles. The molecular formula is C24H31N5O2. The molecule has 0 unspecified atom stereocenters. The third kappa shape index (κ3) is 6.13. The molecule has 0 bridgehead atoms. The van der Waals surface area contributed by atoms with Crippen molar-refractivity contribution in [2.24, 2.45) is 5.41 Å². The topological polar surface area (TPSA) is 81.9 Å². The number of nitrogens with zero attached hydrogens (tertiary/aromatic N) is 4. The maximum absolute atomic E-state index is 12.6. The molecule has 0 saturated heterocycles. The number of carbonyl (C=O) groups excluding carboxylic acids is 1. The van der Waals surface area contributed by atoms with Crippen molar-refractivity contribution in [2.75, 3.05) is 0 Å². The molecule has 0 aliphatic rings. The van der Waals surface area contributed by atoms with E-state index in [0.29, 0.717) is 17.9 Å². The van der Waals surface area contributed by atoms with Gasteiger partial charge in [-0.25, -0.2) is 9.78 Å². The molecule has 3 rings (SSSR count). The first kappa shape index (κ1) is 22.5. The van der Waals surface area contributed by atoms with Gasteiger partial charge in [0.1, 0.15) is 22.8 Å². The first-order chi connectivity index (χ1) is 14.5. The lowest BCUT2D eigenvalue weighted by molar-refractivity contribution is 0.0456. The van der Waals surface area contributed by atoms with Gasteiger partial charge >= 0.3 is 6.09 Å². The Hall–Kier alpha value is -3.22. The van der Waals surface area contributed by atoms with Crippen LogP contribution in [0.1, 0.15) is 59.0 Å². The second-order valence-electron chi connectivity index (χ2n) is 9.63. The lowest BCUT2D eigenvalue weighted by Gasteiger charge is -2.32. The van der Waals surface area contributed by atoms with Crippen LogP contribution in [0.3, 0.4) is 0 Å². The number of alkyl carbamates (subject to hydrolysis) is 1. The lowest BCUT2D eigenvalue weighted by Crippen LogP contribution is -2.41. The highest BCUT2D eigenvalue weighted by Gasteiger charge is 2.33. The van der Waals surface area contributed by atoms with Crippen molar-refractivity contribution in [3.05, 3.63) is 66.5 Å². The Morgan fingerprint density at radius 1 is 1.06 bits per heavy atom. The molecule has 0 radical (unpaired) electrons. The van der Waals surface area contributed by atoms with E-state index in [1.54, 1.807) is 18.6 Å². The molecule has 1 N–H and O–H groups in total. The van der Waals surface area contributed by atoms with Gasteiger partial charge in [-0.05, 0) is 31.7 Å². The van der Waals surface area contributed by atoms with Gasteiger partial charge in [0.05, 0.1) is 12.2 Å². The molecule has 1 amide bonds. The summed E-state index contributed by atoms with van der Waals surface area (Å²) >= 11 is 0. The summed E-state index contributed by atoms with van der Waals surface area (Å²) in [5, 5.41) is 3.04. The van der Waals surface area contributed by atoms with E-state index in [2.05, 4.69) is 52.8 Å². The standard InChI is InChI=1S/C24H31N5O2/c1-23(2,3)20(28-22(30)31-24(4,5)6)21-27-19(18-14-25-12-13-26-18)16-29(21)15-17-10-8-7-9-11-17/h7-14,16,20H,15H2,1-6H3,(H,28,30)/t20-/m1/s1. The van der Waals surface area contributed by atoms with Crippen LogP contribution in [0.5, 0.6) is 0 Å². The van der Waals surface area contributed by atoms with Gasteiger partial charge in [0.25, 0.3) is 0 Å². The van der Waals surface area contributed by atoms with Crippen LogP contribution in [-0.2, 0) is 11.3 Å². The minimum absolute atomic E-state index is 0.309. The predicted octanol–water partition coefficient (Wildman–Crippen LogP) is 5.00. The summed E-state index contributed by atoms with van der Waals surface area (Å²) in [5.74, 6) is 0.739. The molecular weight excluding hydrogens is 390 g/mol. The van der Waals surface area contributed by atoms with Gasteiger partial charge in [-0.2, -0.15) is 0 Å². The summed E-state index contributed by atoms with van der Waals surface area (Å²) in [4.78, 5) is 26.1. The summed E-state index contributed by atoms with van der Waals surface area (Å²) in [7, 11) is 0. The molecule has 7 heteroatoms. The van der Waals surface area contributed by atoms with Crippen molar-refractivity contribution in [3.8, 4) is 11.4 Å². The number of carbonyl (C=O) groups is 1. The van der Waals surface area contributed by atoms with Crippen LogP contribution < -0.4 is 5.32 Å². The highest BCUT2D eigenvalue weighted by molar-refractivity contribution is 5.68. The highest BCUT2D eigenvalue weighted by Crippen LogP contribution is 2.34. The van der Waals surface area contributed by atoms with Gasteiger partial charge in [-0.3, -0.25) is 9.97 Å².